The van der Waals surface area contributed by atoms with E-state index in [0.717, 1.165) is 5.56 Å². The lowest BCUT2D eigenvalue weighted by atomic mass is 10.1. The first kappa shape index (κ1) is 17.2. The number of likely N-dealkylation sites (N-methyl/N-ethyl adjacent to an activating group) is 1. The third kappa shape index (κ3) is 5.22. The van der Waals surface area contributed by atoms with Gasteiger partial charge in [-0.1, -0.05) is 11.8 Å². The molecule has 1 amide bonds. The number of rotatable bonds is 6. The van der Waals surface area contributed by atoms with E-state index in [1.54, 1.807) is 24.1 Å². The van der Waals surface area contributed by atoms with Gasteiger partial charge in [0.05, 0.1) is 19.3 Å². The van der Waals surface area contributed by atoms with Gasteiger partial charge in [0.2, 0.25) is 0 Å². The third-order valence-corrected chi connectivity index (χ3v) is 3.14. The van der Waals surface area contributed by atoms with Crippen LogP contribution in [0, 0.1) is 11.8 Å². The molecule has 1 rings (SSSR count). The van der Waals surface area contributed by atoms with Gasteiger partial charge in [-0.2, -0.15) is 0 Å². The van der Waals surface area contributed by atoms with E-state index in [-0.39, 0.29) is 18.6 Å². The molecule has 1 aromatic rings. The second kappa shape index (κ2) is 9.17. The van der Waals surface area contributed by atoms with Crippen LogP contribution in [-0.4, -0.2) is 48.8 Å². The number of aliphatic hydroxyl groups excluding tert-OH is 1. The van der Waals surface area contributed by atoms with Crippen LogP contribution >= 0.6 is 0 Å². The molecule has 1 unspecified atom stereocenters. The summed E-state index contributed by atoms with van der Waals surface area (Å²) in [7, 11) is 1.63. The summed E-state index contributed by atoms with van der Waals surface area (Å²) in [5, 5.41) is 8.68. The summed E-state index contributed by atoms with van der Waals surface area (Å²) in [6.07, 6.45) is 0.457. The molecule has 0 saturated carbocycles. The number of amides is 1. The molecule has 0 aliphatic rings. The maximum absolute atomic E-state index is 12.5. The summed E-state index contributed by atoms with van der Waals surface area (Å²) in [5.41, 5.74) is 1.49. The van der Waals surface area contributed by atoms with Gasteiger partial charge in [-0.15, -0.1) is 0 Å². The molecule has 0 radical (unpaired) electrons. The van der Waals surface area contributed by atoms with Gasteiger partial charge in [0.25, 0.3) is 5.91 Å². The molecule has 4 nitrogen and oxygen atoms in total. The molecule has 0 aromatic heterocycles. The summed E-state index contributed by atoms with van der Waals surface area (Å²) < 4.78 is 5.11. The maximum atomic E-state index is 12.5. The van der Waals surface area contributed by atoms with Crippen LogP contribution in [0.3, 0.4) is 0 Å². The summed E-state index contributed by atoms with van der Waals surface area (Å²) in [5.74, 6) is 5.80. The highest BCUT2D eigenvalue weighted by atomic mass is 16.5. The first-order valence-corrected chi connectivity index (χ1v) is 7.13. The topological polar surface area (TPSA) is 49.8 Å². The highest BCUT2D eigenvalue weighted by Crippen LogP contribution is 2.10. The van der Waals surface area contributed by atoms with Gasteiger partial charge in [0, 0.05) is 31.2 Å². The number of carbonyl (C=O) groups excluding carboxylic acids is 1. The van der Waals surface area contributed by atoms with E-state index in [2.05, 4.69) is 11.8 Å². The molecule has 0 saturated heterocycles. The van der Waals surface area contributed by atoms with Crippen LogP contribution in [0.2, 0.25) is 0 Å². The molecule has 1 N–H and O–H groups in total. The number of methoxy groups -OCH3 is 1. The molecular weight excluding hydrogens is 266 g/mol. The van der Waals surface area contributed by atoms with Crippen molar-refractivity contribution in [3.05, 3.63) is 35.4 Å². The van der Waals surface area contributed by atoms with Crippen molar-refractivity contribution in [2.45, 2.75) is 26.3 Å². The van der Waals surface area contributed by atoms with Crippen LogP contribution in [0.25, 0.3) is 0 Å². The Hall–Kier alpha value is -1.83. The Bertz CT molecular complexity index is 499. The van der Waals surface area contributed by atoms with E-state index >= 15 is 0 Å². The lowest BCUT2D eigenvalue weighted by molar-refractivity contribution is 0.0579. The second-order valence-electron chi connectivity index (χ2n) is 4.75. The number of aliphatic hydroxyl groups is 1. The van der Waals surface area contributed by atoms with E-state index in [1.807, 2.05) is 26.0 Å². The zero-order chi connectivity index (χ0) is 15.7. The number of nitrogens with zero attached hydrogens (tertiary/aromatic N) is 1. The SMILES string of the molecule is CCN(C(=O)c1ccc(C#CCCO)cc1)C(C)COC. The fourth-order valence-corrected chi connectivity index (χ4v) is 2.07. The molecule has 0 fully saturated rings. The van der Waals surface area contributed by atoms with Crippen LogP contribution in [0.4, 0.5) is 0 Å². The van der Waals surface area contributed by atoms with Gasteiger partial charge in [0.1, 0.15) is 0 Å². The van der Waals surface area contributed by atoms with Crippen LogP contribution in [0.5, 0.6) is 0 Å². The largest absolute Gasteiger partial charge is 0.395 e. The zero-order valence-corrected chi connectivity index (χ0v) is 12.9. The van der Waals surface area contributed by atoms with Crippen molar-refractivity contribution in [1.82, 2.24) is 4.90 Å². The van der Waals surface area contributed by atoms with E-state index in [4.69, 9.17) is 9.84 Å². The molecule has 0 aliphatic heterocycles. The van der Waals surface area contributed by atoms with Crippen molar-refractivity contribution in [1.29, 1.82) is 0 Å². The van der Waals surface area contributed by atoms with Gasteiger partial charge in [-0.3, -0.25) is 4.79 Å². The van der Waals surface area contributed by atoms with Gasteiger partial charge >= 0.3 is 0 Å². The lowest BCUT2D eigenvalue weighted by Crippen LogP contribution is -2.40. The van der Waals surface area contributed by atoms with Crippen LogP contribution in [0.1, 0.15) is 36.2 Å². The van der Waals surface area contributed by atoms with E-state index in [0.29, 0.717) is 25.1 Å². The Kier molecular flexibility index (Phi) is 7.52. The summed E-state index contributed by atoms with van der Waals surface area (Å²) >= 11 is 0. The Labute approximate surface area is 126 Å². The monoisotopic (exact) mass is 289 g/mol. The number of hydrogen-bond donors (Lipinski definition) is 1. The van der Waals surface area contributed by atoms with Gasteiger partial charge in [-0.25, -0.2) is 0 Å². The summed E-state index contributed by atoms with van der Waals surface area (Å²) in [4.78, 5) is 14.3. The fraction of sp³-hybridized carbons (Fsp3) is 0.471. The van der Waals surface area contributed by atoms with Gasteiger partial charge in [0.15, 0.2) is 0 Å². The van der Waals surface area contributed by atoms with Crippen molar-refractivity contribution >= 4 is 5.91 Å². The van der Waals surface area contributed by atoms with Crippen LogP contribution in [0.15, 0.2) is 24.3 Å². The van der Waals surface area contributed by atoms with E-state index in [9.17, 15) is 4.79 Å². The first-order valence-electron chi connectivity index (χ1n) is 7.13. The minimum absolute atomic E-state index is 0.00285. The minimum Gasteiger partial charge on any atom is -0.395 e. The number of hydrogen-bond acceptors (Lipinski definition) is 3. The predicted molar refractivity (Wildman–Crippen MR) is 83.1 cm³/mol. The third-order valence-electron chi connectivity index (χ3n) is 3.14. The molecule has 0 bridgehead atoms. The molecule has 114 valence electrons. The average molecular weight is 289 g/mol. The second-order valence-corrected chi connectivity index (χ2v) is 4.75. The molecule has 4 heteroatoms. The van der Waals surface area contributed by atoms with E-state index in [1.165, 1.54) is 0 Å². The standard InChI is InChI=1S/C17H23NO3/c1-4-18(14(2)13-21-3)17(20)16-10-8-15(9-11-16)7-5-6-12-19/h8-11,14,19H,4,6,12-13H2,1-3H3. The first-order chi connectivity index (χ1) is 10.1. The normalized spacial score (nSPS) is 11.4. The molecule has 0 aliphatic carbocycles. The number of carbonyl (C=O) groups is 1. The Balaban J connectivity index is 2.80. The molecule has 1 aromatic carbocycles. The predicted octanol–water partition coefficient (Wildman–Crippen LogP) is 1.92. The minimum atomic E-state index is -0.00285. The Morgan fingerprint density at radius 3 is 2.57 bits per heavy atom. The van der Waals surface area contributed by atoms with Crippen molar-refractivity contribution < 1.29 is 14.6 Å². The van der Waals surface area contributed by atoms with Crippen LogP contribution in [-0.2, 0) is 4.74 Å². The summed E-state index contributed by atoms with van der Waals surface area (Å²) in [6.45, 7) is 5.15. The highest BCUT2D eigenvalue weighted by molar-refractivity contribution is 5.94. The summed E-state index contributed by atoms with van der Waals surface area (Å²) in [6, 6.07) is 7.26. The highest BCUT2D eigenvalue weighted by Gasteiger charge is 2.19. The smallest absolute Gasteiger partial charge is 0.254 e. The number of ether oxygens (including phenoxy) is 1. The van der Waals surface area contributed by atoms with Gasteiger partial charge in [-0.05, 0) is 38.1 Å². The quantitative estimate of drug-likeness (QED) is 0.814. The number of benzene rings is 1. The van der Waals surface area contributed by atoms with E-state index < -0.39 is 0 Å². The molecule has 0 spiro atoms. The molecule has 0 heterocycles. The van der Waals surface area contributed by atoms with Crippen molar-refractivity contribution in [2.24, 2.45) is 0 Å². The van der Waals surface area contributed by atoms with Crippen molar-refractivity contribution in [3.8, 4) is 11.8 Å². The molecular formula is C17H23NO3. The Morgan fingerprint density at radius 2 is 2.05 bits per heavy atom. The van der Waals surface area contributed by atoms with Crippen molar-refractivity contribution in [2.75, 3.05) is 26.9 Å². The lowest BCUT2D eigenvalue weighted by Gasteiger charge is -2.27. The fourth-order valence-electron chi connectivity index (χ4n) is 2.07. The molecule has 1 atom stereocenters. The van der Waals surface area contributed by atoms with Crippen LogP contribution < -0.4 is 0 Å². The average Bonchev–Trinajstić information content (AvgIpc) is 2.49. The maximum Gasteiger partial charge on any atom is 0.254 e. The molecule has 21 heavy (non-hydrogen) atoms. The van der Waals surface area contributed by atoms with Crippen molar-refractivity contribution in [3.63, 3.8) is 0 Å². The zero-order valence-electron chi connectivity index (χ0n) is 12.9. The Morgan fingerprint density at radius 1 is 1.38 bits per heavy atom. The van der Waals surface area contributed by atoms with Gasteiger partial charge < -0.3 is 14.7 Å².